The van der Waals surface area contributed by atoms with Crippen molar-refractivity contribution in [2.75, 3.05) is 0 Å². The van der Waals surface area contributed by atoms with Crippen molar-refractivity contribution in [3.63, 3.8) is 0 Å². The highest BCUT2D eigenvalue weighted by Crippen LogP contribution is 2.30. The SMILES string of the molecule is O=C(O)c1ccc(CNC2CCc3ccccc32)cc1. The molecule has 0 spiro atoms. The number of hydrogen-bond acceptors (Lipinski definition) is 2. The van der Waals surface area contributed by atoms with Crippen molar-refractivity contribution in [2.45, 2.75) is 25.4 Å². The first kappa shape index (κ1) is 12.9. The molecule has 0 radical (unpaired) electrons. The van der Waals surface area contributed by atoms with E-state index in [1.165, 1.54) is 11.1 Å². The van der Waals surface area contributed by atoms with E-state index < -0.39 is 5.97 Å². The zero-order chi connectivity index (χ0) is 13.9. The standard InChI is InChI=1S/C17H17NO2/c19-17(20)14-7-5-12(6-8-14)11-18-16-10-9-13-3-1-2-4-15(13)16/h1-8,16,18H,9-11H2,(H,19,20). The number of carbonyl (C=O) groups is 1. The maximum Gasteiger partial charge on any atom is 0.335 e. The maximum atomic E-state index is 10.8. The van der Waals surface area contributed by atoms with Crippen LogP contribution in [-0.4, -0.2) is 11.1 Å². The van der Waals surface area contributed by atoms with Crippen molar-refractivity contribution in [3.8, 4) is 0 Å². The fourth-order valence-electron chi connectivity index (χ4n) is 2.78. The summed E-state index contributed by atoms with van der Waals surface area (Å²) >= 11 is 0. The van der Waals surface area contributed by atoms with E-state index in [9.17, 15) is 4.79 Å². The largest absolute Gasteiger partial charge is 0.478 e. The zero-order valence-corrected chi connectivity index (χ0v) is 11.2. The van der Waals surface area contributed by atoms with E-state index in [0.717, 1.165) is 24.9 Å². The van der Waals surface area contributed by atoms with Crippen LogP contribution >= 0.6 is 0 Å². The Morgan fingerprint density at radius 1 is 1.15 bits per heavy atom. The van der Waals surface area contributed by atoms with Crippen molar-refractivity contribution in [2.24, 2.45) is 0 Å². The summed E-state index contributed by atoms with van der Waals surface area (Å²) in [7, 11) is 0. The fourth-order valence-corrected chi connectivity index (χ4v) is 2.78. The van der Waals surface area contributed by atoms with Gasteiger partial charge in [-0.25, -0.2) is 4.79 Å². The number of rotatable bonds is 4. The molecule has 2 aromatic carbocycles. The van der Waals surface area contributed by atoms with Gasteiger partial charge in [0.1, 0.15) is 0 Å². The third-order valence-electron chi connectivity index (χ3n) is 3.89. The molecule has 3 nitrogen and oxygen atoms in total. The van der Waals surface area contributed by atoms with Gasteiger partial charge in [0.25, 0.3) is 0 Å². The molecule has 0 aliphatic heterocycles. The number of nitrogens with one attached hydrogen (secondary N) is 1. The van der Waals surface area contributed by atoms with Gasteiger partial charge in [-0.3, -0.25) is 0 Å². The summed E-state index contributed by atoms with van der Waals surface area (Å²) < 4.78 is 0. The van der Waals surface area contributed by atoms with E-state index in [-0.39, 0.29) is 0 Å². The van der Waals surface area contributed by atoms with Gasteiger partial charge in [-0.05, 0) is 41.7 Å². The molecule has 0 fully saturated rings. The van der Waals surface area contributed by atoms with Crippen molar-refractivity contribution >= 4 is 5.97 Å². The average Bonchev–Trinajstić information content (AvgIpc) is 2.89. The van der Waals surface area contributed by atoms with Crippen LogP contribution in [-0.2, 0) is 13.0 Å². The molecule has 0 heterocycles. The Labute approximate surface area is 118 Å². The monoisotopic (exact) mass is 267 g/mol. The fraction of sp³-hybridized carbons (Fsp3) is 0.235. The third kappa shape index (κ3) is 2.58. The molecule has 0 amide bonds. The summed E-state index contributed by atoms with van der Waals surface area (Å²) in [5.41, 5.74) is 4.28. The Bertz CT molecular complexity index is 619. The lowest BCUT2D eigenvalue weighted by atomic mass is 10.1. The Hall–Kier alpha value is -2.13. The summed E-state index contributed by atoms with van der Waals surface area (Å²) in [6, 6.07) is 16.0. The number of carboxylic acids is 1. The minimum absolute atomic E-state index is 0.333. The van der Waals surface area contributed by atoms with Gasteiger partial charge in [0.05, 0.1) is 5.56 Å². The van der Waals surface area contributed by atoms with Crippen molar-refractivity contribution in [1.82, 2.24) is 5.32 Å². The molecule has 102 valence electrons. The summed E-state index contributed by atoms with van der Waals surface area (Å²) in [6.07, 6.45) is 2.26. The second kappa shape index (κ2) is 5.47. The highest BCUT2D eigenvalue weighted by Gasteiger charge is 2.20. The van der Waals surface area contributed by atoms with Gasteiger partial charge in [0.15, 0.2) is 0 Å². The zero-order valence-electron chi connectivity index (χ0n) is 11.2. The van der Waals surface area contributed by atoms with Gasteiger partial charge < -0.3 is 10.4 Å². The second-order valence-electron chi connectivity index (χ2n) is 5.17. The number of hydrogen-bond donors (Lipinski definition) is 2. The van der Waals surface area contributed by atoms with E-state index >= 15 is 0 Å². The lowest BCUT2D eigenvalue weighted by Crippen LogP contribution is -2.18. The highest BCUT2D eigenvalue weighted by atomic mass is 16.4. The van der Waals surface area contributed by atoms with Crippen LogP contribution in [0.3, 0.4) is 0 Å². The van der Waals surface area contributed by atoms with Crippen LogP contribution in [0.2, 0.25) is 0 Å². The number of aromatic carboxylic acids is 1. The number of fused-ring (bicyclic) bond motifs is 1. The van der Waals surface area contributed by atoms with Crippen LogP contribution in [0.5, 0.6) is 0 Å². The predicted molar refractivity (Wildman–Crippen MR) is 77.7 cm³/mol. The van der Waals surface area contributed by atoms with E-state index in [1.54, 1.807) is 12.1 Å². The topological polar surface area (TPSA) is 49.3 Å². The first-order valence-corrected chi connectivity index (χ1v) is 6.87. The molecule has 3 rings (SSSR count). The van der Waals surface area contributed by atoms with Gasteiger partial charge in [0.2, 0.25) is 0 Å². The summed E-state index contributed by atoms with van der Waals surface area (Å²) in [5, 5.41) is 12.4. The summed E-state index contributed by atoms with van der Waals surface area (Å²) in [6.45, 7) is 0.763. The predicted octanol–water partition coefficient (Wildman–Crippen LogP) is 3.16. The van der Waals surface area contributed by atoms with Crippen LogP contribution in [0.4, 0.5) is 0 Å². The van der Waals surface area contributed by atoms with Gasteiger partial charge in [0, 0.05) is 12.6 Å². The highest BCUT2D eigenvalue weighted by molar-refractivity contribution is 5.87. The van der Waals surface area contributed by atoms with Gasteiger partial charge in [-0.2, -0.15) is 0 Å². The third-order valence-corrected chi connectivity index (χ3v) is 3.89. The molecule has 0 saturated heterocycles. The van der Waals surface area contributed by atoms with Crippen LogP contribution in [0.15, 0.2) is 48.5 Å². The Balaban J connectivity index is 1.64. The first-order valence-electron chi connectivity index (χ1n) is 6.87. The van der Waals surface area contributed by atoms with Gasteiger partial charge in [-0.15, -0.1) is 0 Å². The molecule has 1 unspecified atom stereocenters. The summed E-state index contributed by atoms with van der Waals surface area (Å²) in [5.74, 6) is -0.880. The first-order chi connectivity index (χ1) is 9.74. The number of aryl methyl sites for hydroxylation is 1. The molecule has 2 N–H and O–H groups in total. The van der Waals surface area contributed by atoms with Crippen LogP contribution in [0.25, 0.3) is 0 Å². The van der Waals surface area contributed by atoms with Crippen molar-refractivity contribution in [3.05, 3.63) is 70.8 Å². The lowest BCUT2D eigenvalue weighted by Gasteiger charge is -2.14. The second-order valence-corrected chi connectivity index (χ2v) is 5.17. The molecule has 1 aliphatic rings. The maximum absolute atomic E-state index is 10.8. The average molecular weight is 267 g/mol. The summed E-state index contributed by atoms with van der Waals surface area (Å²) in [4.78, 5) is 10.8. The van der Waals surface area contributed by atoms with Crippen LogP contribution < -0.4 is 5.32 Å². The van der Waals surface area contributed by atoms with E-state index in [0.29, 0.717) is 11.6 Å². The van der Waals surface area contributed by atoms with E-state index in [1.807, 2.05) is 12.1 Å². The van der Waals surface area contributed by atoms with E-state index in [2.05, 4.69) is 29.6 Å². The minimum Gasteiger partial charge on any atom is -0.478 e. The number of benzene rings is 2. The van der Waals surface area contributed by atoms with Gasteiger partial charge >= 0.3 is 5.97 Å². The quantitative estimate of drug-likeness (QED) is 0.894. The molecule has 20 heavy (non-hydrogen) atoms. The molecule has 0 bridgehead atoms. The molecular weight excluding hydrogens is 250 g/mol. The Kier molecular flexibility index (Phi) is 3.52. The molecule has 2 aromatic rings. The molecule has 0 aromatic heterocycles. The smallest absolute Gasteiger partial charge is 0.335 e. The molecule has 1 atom stereocenters. The lowest BCUT2D eigenvalue weighted by molar-refractivity contribution is 0.0697. The van der Waals surface area contributed by atoms with Crippen molar-refractivity contribution in [1.29, 1.82) is 0 Å². The number of carboxylic acid groups (broad SMARTS) is 1. The normalized spacial score (nSPS) is 16.9. The molecule has 0 saturated carbocycles. The van der Waals surface area contributed by atoms with Crippen LogP contribution in [0, 0.1) is 0 Å². The molecule has 3 heteroatoms. The molecule has 1 aliphatic carbocycles. The van der Waals surface area contributed by atoms with Gasteiger partial charge in [-0.1, -0.05) is 36.4 Å². The van der Waals surface area contributed by atoms with Crippen molar-refractivity contribution < 1.29 is 9.90 Å². The Morgan fingerprint density at radius 2 is 1.90 bits per heavy atom. The molecular formula is C17H17NO2. The van der Waals surface area contributed by atoms with E-state index in [4.69, 9.17) is 5.11 Å². The van der Waals surface area contributed by atoms with Crippen LogP contribution in [0.1, 0.15) is 39.5 Å². The minimum atomic E-state index is -0.880. The Morgan fingerprint density at radius 3 is 2.65 bits per heavy atom.